The van der Waals surface area contributed by atoms with E-state index in [0.717, 1.165) is 12.1 Å². The summed E-state index contributed by atoms with van der Waals surface area (Å²) in [6, 6.07) is 7.50. The third kappa shape index (κ3) is 2.34. The number of ether oxygens (including phenoxy) is 1. The van der Waals surface area contributed by atoms with Crippen molar-refractivity contribution < 1.29 is 9.53 Å². The smallest absolute Gasteiger partial charge is 0.253 e. The van der Waals surface area contributed by atoms with Crippen LogP contribution in [0.15, 0.2) is 24.3 Å². The average molecular weight is 248 g/mol. The monoisotopic (exact) mass is 248 g/mol. The molecule has 4 nitrogen and oxygen atoms in total. The first-order chi connectivity index (χ1) is 8.57. The topological polar surface area (TPSA) is 50.4 Å². The third-order valence-electron chi connectivity index (χ3n) is 3.73. The molecule has 0 radical (unpaired) electrons. The molecule has 2 unspecified atom stereocenters. The maximum Gasteiger partial charge on any atom is 0.253 e. The number of benzene rings is 1. The highest BCUT2D eigenvalue weighted by Crippen LogP contribution is 2.26. The SMILES string of the molecule is CNc1ccccc1C(=O)NC1(C)CCOC1C. The lowest BCUT2D eigenvalue weighted by Crippen LogP contribution is -2.50. The van der Waals surface area contributed by atoms with Crippen molar-refractivity contribution in [2.75, 3.05) is 19.0 Å². The van der Waals surface area contributed by atoms with Gasteiger partial charge in [0.05, 0.1) is 17.2 Å². The summed E-state index contributed by atoms with van der Waals surface area (Å²) in [5.74, 6) is -0.0557. The van der Waals surface area contributed by atoms with Crippen LogP contribution >= 0.6 is 0 Å². The zero-order valence-corrected chi connectivity index (χ0v) is 11.1. The largest absolute Gasteiger partial charge is 0.387 e. The van der Waals surface area contributed by atoms with Gasteiger partial charge in [0.1, 0.15) is 0 Å². The number of hydrogen-bond acceptors (Lipinski definition) is 3. The summed E-state index contributed by atoms with van der Waals surface area (Å²) < 4.78 is 5.53. The number of anilines is 1. The van der Waals surface area contributed by atoms with Gasteiger partial charge in [-0.25, -0.2) is 0 Å². The lowest BCUT2D eigenvalue weighted by Gasteiger charge is -2.29. The van der Waals surface area contributed by atoms with Crippen molar-refractivity contribution in [2.45, 2.75) is 31.9 Å². The van der Waals surface area contributed by atoms with Gasteiger partial charge in [-0.1, -0.05) is 12.1 Å². The first-order valence-electron chi connectivity index (χ1n) is 6.28. The maximum absolute atomic E-state index is 12.3. The third-order valence-corrected chi connectivity index (χ3v) is 3.73. The van der Waals surface area contributed by atoms with E-state index in [4.69, 9.17) is 4.74 Å². The van der Waals surface area contributed by atoms with Gasteiger partial charge in [-0.3, -0.25) is 4.79 Å². The minimum absolute atomic E-state index is 0.0446. The van der Waals surface area contributed by atoms with Crippen molar-refractivity contribution in [3.63, 3.8) is 0 Å². The standard InChI is InChI=1S/C14H20N2O2/c1-10-14(2,8-9-18-10)16-13(17)11-6-4-5-7-12(11)15-3/h4-7,10,15H,8-9H2,1-3H3,(H,16,17). The lowest BCUT2D eigenvalue weighted by molar-refractivity contribution is 0.0728. The molecule has 0 aromatic heterocycles. The van der Waals surface area contributed by atoms with Crippen LogP contribution in [-0.2, 0) is 4.74 Å². The van der Waals surface area contributed by atoms with Crippen LogP contribution in [0.5, 0.6) is 0 Å². The molecule has 1 aromatic rings. The van der Waals surface area contributed by atoms with Crippen LogP contribution in [0, 0.1) is 0 Å². The van der Waals surface area contributed by atoms with Crippen molar-refractivity contribution in [3.8, 4) is 0 Å². The number of amides is 1. The summed E-state index contributed by atoms with van der Waals surface area (Å²) in [6.45, 7) is 4.73. The molecule has 1 amide bonds. The molecular weight excluding hydrogens is 228 g/mol. The van der Waals surface area contributed by atoms with Crippen molar-refractivity contribution in [2.24, 2.45) is 0 Å². The molecular formula is C14H20N2O2. The summed E-state index contributed by atoms with van der Waals surface area (Å²) in [5, 5.41) is 6.13. The molecule has 0 aliphatic carbocycles. The molecule has 1 aromatic carbocycles. The molecule has 98 valence electrons. The van der Waals surface area contributed by atoms with E-state index in [1.165, 1.54) is 0 Å². The van der Waals surface area contributed by atoms with Crippen LogP contribution in [-0.4, -0.2) is 31.2 Å². The quantitative estimate of drug-likeness (QED) is 0.860. The zero-order valence-electron chi connectivity index (χ0n) is 11.1. The van der Waals surface area contributed by atoms with E-state index in [1.54, 1.807) is 0 Å². The van der Waals surface area contributed by atoms with Gasteiger partial charge in [-0.2, -0.15) is 0 Å². The molecule has 2 rings (SSSR count). The van der Waals surface area contributed by atoms with Crippen LogP contribution in [0.2, 0.25) is 0 Å². The van der Waals surface area contributed by atoms with Crippen molar-refractivity contribution in [3.05, 3.63) is 29.8 Å². The van der Waals surface area contributed by atoms with Gasteiger partial charge in [-0.05, 0) is 32.4 Å². The number of para-hydroxylation sites is 1. The molecule has 2 atom stereocenters. The van der Waals surface area contributed by atoms with Crippen LogP contribution < -0.4 is 10.6 Å². The predicted molar refractivity (Wildman–Crippen MR) is 71.9 cm³/mol. The summed E-state index contributed by atoms with van der Waals surface area (Å²) in [6.07, 6.45) is 0.893. The fraction of sp³-hybridized carbons (Fsp3) is 0.500. The Labute approximate surface area is 108 Å². The fourth-order valence-corrected chi connectivity index (χ4v) is 2.22. The molecule has 18 heavy (non-hydrogen) atoms. The van der Waals surface area contributed by atoms with E-state index in [0.29, 0.717) is 12.2 Å². The normalized spacial score (nSPS) is 26.9. The van der Waals surface area contributed by atoms with E-state index in [1.807, 2.05) is 45.2 Å². The second kappa shape index (κ2) is 4.98. The lowest BCUT2D eigenvalue weighted by atomic mass is 9.94. The van der Waals surface area contributed by atoms with Gasteiger partial charge in [0.15, 0.2) is 0 Å². The molecule has 1 fully saturated rings. The highest BCUT2D eigenvalue weighted by Gasteiger charge is 2.38. The Morgan fingerprint density at radius 2 is 2.17 bits per heavy atom. The van der Waals surface area contributed by atoms with Gasteiger partial charge in [0.2, 0.25) is 0 Å². The fourth-order valence-electron chi connectivity index (χ4n) is 2.22. The Kier molecular flexibility index (Phi) is 3.57. The predicted octanol–water partition coefficient (Wildman–Crippen LogP) is 2.03. The number of rotatable bonds is 3. The van der Waals surface area contributed by atoms with Crippen LogP contribution in [0.3, 0.4) is 0 Å². The van der Waals surface area contributed by atoms with Crippen molar-refractivity contribution in [1.82, 2.24) is 5.32 Å². The molecule has 4 heteroatoms. The number of carbonyl (C=O) groups excluding carboxylic acids is 1. The van der Waals surface area contributed by atoms with Crippen molar-refractivity contribution >= 4 is 11.6 Å². The summed E-state index contributed by atoms with van der Waals surface area (Å²) in [4.78, 5) is 12.3. The van der Waals surface area contributed by atoms with Gasteiger partial charge in [0, 0.05) is 19.3 Å². The number of carbonyl (C=O) groups is 1. The van der Waals surface area contributed by atoms with E-state index >= 15 is 0 Å². The number of nitrogens with one attached hydrogen (secondary N) is 2. The molecule has 1 aliphatic heterocycles. The van der Waals surface area contributed by atoms with Gasteiger partial charge in [-0.15, -0.1) is 0 Å². The summed E-state index contributed by atoms with van der Waals surface area (Å²) in [5.41, 5.74) is 1.23. The summed E-state index contributed by atoms with van der Waals surface area (Å²) >= 11 is 0. The second-order valence-electron chi connectivity index (χ2n) is 4.93. The first kappa shape index (κ1) is 12.9. The molecule has 0 saturated carbocycles. The number of hydrogen-bond donors (Lipinski definition) is 2. The molecule has 1 aliphatic rings. The Bertz CT molecular complexity index is 447. The van der Waals surface area contributed by atoms with E-state index < -0.39 is 0 Å². The van der Waals surface area contributed by atoms with Gasteiger partial charge in [0.25, 0.3) is 5.91 Å². The van der Waals surface area contributed by atoms with E-state index in [-0.39, 0.29) is 17.6 Å². The molecule has 1 heterocycles. The Hall–Kier alpha value is -1.55. The van der Waals surface area contributed by atoms with Crippen LogP contribution in [0.4, 0.5) is 5.69 Å². The first-order valence-corrected chi connectivity index (χ1v) is 6.28. The molecule has 2 N–H and O–H groups in total. The van der Waals surface area contributed by atoms with E-state index in [2.05, 4.69) is 10.6 Å². The van der Waals surface area contributed by atoms with Gasteiger partial charge < -0.3 is 15.4 Å². The maximum atomic E-state index is 12.3. The van der Waals surface area contributed by atoms with Crippen LogP contribution in [0.1, 0.15) is 30.6 Å². The molecule has 0 bridgehead atoms. The van der Waals surface area contributed by atoms with Crippen molar-refractivity contribution in [1.29, 1.82) is 0 Å². The second-order valence-corrected chi connectivity index (χ2v) is 4.93. The van der Waals surface area contributed by atoms with Gasteiger partial charge >= 0.3 is 0 Å². The minimum Gasteiger partial charge on any atom is -0.387 e. The Balaban J connectivity index is 2.17. The average Bonchev–Trinajstić information content (AvgIpc) is 2.69. The Morgan fingerprint density at radius 1 is 1.44 bits per heavy atom. The molecule has 0 spiro atoms. The molecule has 1 saturated heterocycles. The van der Waals surface area contributed by atoms with E-state index in [9.17, 15) is 4.79 Å². The zero-order chi connectivity index (χ0) is 13.2. The highest BCUT2D eigenvalue weighted by atomic mass is 16.5. The summed E-state index contributed by atoms with van der Waals surface area (Å²) in [7, 11) is 1.81. The Morgan fingerprint density at radius 3 is 2.78 bits per heavy atom. The highest BCUT2D eigenvalue weighted by molar-refractivity contribution is 6.00. The minimum atomic E-state index is -0.280. The van der Waals surface area contributed by atoms with Crippen LogP contribution in [0.25, 0.3) is 0 Å².